The van der Waals surface area contributed by atoms with Crippen LogP contribution in [0.1, 0.15) is 44.5 Å². The molecule has 1 unspecified atom stereocenters. The van der Waals surface area contributed by atoms with Gasteiger partial charge in [-0.3, -0.25) is 4.79 Å². The van der Waals surface area contributed by atoms with E-state index in [1.165, 1.54) is 6.07 Å². The summed E-state index contributed by atoms with van der Waals surface area (Å²) in [6, 6.07) is 1.29. The summed E-state index contributed by atoms with van der Waals surface area (Å²) in [7, 11) is 0. The second kappa shape index (κ2) is 7.07. The van der Waals surface area contributed by atoms with Crippen LogP contribution in [0.5, 0.6) is 0 Å². The van der Waals surface area contributed by atoms with Crippen LogP contribution in [0.4, 0.5) is 10.2 Å². The molecule has 0 spiro atoms. The molecule has 0 aliphatic rings. The molecule has 0 bridgehead atoms. The van der Waals surface area contributed by atoms with Crippen molar-refractivity contribution in [2.24, 2.45) is 5.92 Å². The Bertz CT molecular complexity index is 435. The lowest BCUT2D eigenvalue weighted by molar-refractivity contribution is 0.0924. The van der Waals surface area contributed by atoms with Gasteiger partial charge in [-0.05, 0) is 25.3 Å². The largest absolute Gasteiger partial charge is 0.370 e. The fourth-order valence-corrected chi connectivity index (χ4v) is 1.91. The zero-order valence-electron chi connectivity index (χ0n) is 12.0. The van der Waals surface area contributed by atoms with Gasteiger partial charge in [-0.25, -0.2) is 9.37 Å². The van der Waals surface area contributed by atoms with Crippen molar-refractivity contribution in [1.29, 1.82) is 0 Å². The molecule has 1 rings (SSSR count). The topological polar surface area (TPSA) is 54.0 Å². The lowest BCUT2D eigenvalue weighted by atomic mass is 10.0. The van der Waals surface area contributed by atoms with Crippen LogP contribution in [0.25, 0.3) is 0 Å². The highest BCUT2D eigenvalue weighted by atomic mass is 19.1. The molecule has 0 saturated carbocycles. The fraction of sp³-hybridized carbons (Fsp3) is 0.571. The van der Waals surface area contributed by atoms with Gasteiger partial charge in [0.1, 0.15) is 11.6 Å². The summed E-state index contributed by atoms with van der Waals surface area (Å²) >= 11 is 0. The minimum Gasteiger partial charge on any atom is -0.370 e. The maximum Gasteiger partial charge on any atom is 0.255 e. The van der Waals surface area contributed by atoms with Gasteiger partial charge in [0.2, 0.25) is 0 Å². The molecule has 1 heterocycles. The Morgan fingerprint density at radius 1 is 1.42 bits per heavy atom. The Morgan fingerprint density at radius 3 is 2.63 bits per heavy atom. The molecule has 1 aromatic rings. The summed E-state index contributed by atoms with van der Waals surface area (Å²) in [6.45, 7) is 8.63. The quantitative estimate of drug-likeness (QED) is 0.833. The summed E-state index contributed by atoms with van der Waals surface area (Å²) < 4.78 is 13.3. The zero-order valence-corrected chi connectivity index (χ0v) is 12.0. The van der Waals surface area contributed by atoms with E-state index in [2.05, 4.69) is 15.6 Å². The highest BCUT2D eigenvalue weighted by molar-refractivity contribution is 5.98. The molecular formula is C14H22FN3O. The van der Waals surface area contributed by atoms with E-state index in [4.69, 9.17) is 0 Å². The van der Waals surface area contributed by atoms with E-state index < -0.39 is 5.82 Å². The number of nitrogens with zero attached hydrogens (tertiary/aromatic N) is 1. The first-order valence-electron chi connectivity index (χ1n) is 6.69. The molecule has 1 amide bonds. The standard InChI is InChI=1S/C14H22FN3O/c1-5-12(9(3)4)18-14(19)11-7-10(15)8-17-13(11)16-6-2/h7-9,12H,5-6H2,1-4H3,(H,16,17)(H,18,19). The monoisotopic (exact) mass is 267 g/mol. The average molecular weight is 267 g/mol. The predicted molar refractivity (Wildman–Crippen MR) is 74.7 cm³/mol. The molecule has 1 aromatic heterocycles. The van der Waals surface area contributed by atoms with Crippen LogP contribution in [0, 0.1) is 11.7 Å². The third-order valence-corrected chi connectivity index (χ3v) is 3.00. The van der Waals surface area contributed by atoms with Crippen molar-refractivity contribution < 1.29 is 9.18 Å². The van der Waals surface area contributed by atoms with Crippen LogP contribution >= 0.6 is 0 Å². The third kappa shape index (κ3) is 4.19. The maximum atomic E-state index is 13.3. The lowest BCUT2D eigenvalue weighted by Crippen LogP contribution is -2.38. The van der Waals surface area contributed by atoms with Crippen molar-refractivity contribution in [3.63, 3.8) is 0 Å². The minimum absolute atomic E-state index is 0.0743. The zero-order chi connectivity index (χ0) is 14.4. The maximum absolute atomic E-state index is 13.3. The van der Waals surface area contributed by atoms with Crippen molar-refractivity contribution in [2.75, 3.05) is 11.9 Å². The van der Waals surface area contributed by atoms with Crippen molar-refractivity contribution in [3.8, 4) is 0 Å². The number of hydrogen-bond donors (Lipinski definition) is 2. The van der Waals surface area contributed by atoms with Crippen molar-refractivity contribution in [3.05, 3.63) is 23.6 Å². The van der Waals surface area contributed by atoms with Gasteiger partial charge in [-0.15, -0.1) is 0 Å². The lowest BCUT2D eigenvalue weighted by Gasteiger charge is -2.21. The first-order valence-corrected chi connectivity index (χ1v) is 6.69. The van der Waals surface area contributed by atoms with Crippen LogP contribution < -0.4 is 10.6 Å². The van der Waals surface area contributed by atoms with Crippen LogP contribution in [0.15, 0.2) is 12.3 Å². The molecule has 5 heteroatoms. The highest BCUT2D eigenvalue weighted by Crippen LogP contribution is 2.15. The first kappa shape index (κ1) is 15.4. The van der Waals surface area contributed by atoms with E-state index in [9.17, 15) is 9.18 Å². The summed E-state index contributed by atoms with van der Waals surface area (Å²) in [5, 5.41) is 5.89. The van der Waals surface area contributed by atoms with Gasteiger partial charge >= 0.3 is 0 Å². The summed E-state index contributed by atoms with van der Waals surface area (Å²) in [5.41, 5.74) is 0.251. The number of halogens is 1. The minimum atomic E-state index is -0.510. The summed E-state index contributed by atoms with van der Waals surface area (Å²) in [4.78, 5) is 16.1. The van der Waals surface area contributed by atoms with E-state index in [1.807, 2.05) is 27.7 Å². The Balaban J connectivity index is 2.94. The van der Waals surface area contributed by atoms with Gasteiger partial charge < -0.3 is 10.6 Å². The average Bonchev–Trinajstić information content (AvgIpc) is 2.37. The van der Waals surface area contributed by atoms with Crippen LogP contribution in [0.2, 0.25) is 0 Å². The van der Waals surface area contributed by atoms with E-state index in [1.54, 1.807) is 0 Å². The number of amides is 1. The molecule has 1 atom stereocenters. The molecule has 0 aromatic carbocycles. The van der Waals surface area contributed by atoms with Gasteiger partial charge in [0, 0.05) is 12.6 Å². The molecule has 2 N–H and O–H groups in total. The van der Waals surface area contributed by atoms with E-state index >= 15 is 0 Å². The first-order chi connectivity index (χ1) is 8.99. The predicted octanol–water partition coefficient (Wildman–Crippen LogP) is 2.82. The number of hydrogen-bond acceptors (Lipinski definition) is 3. The molecule has 0 saturated heterocycles. The third-order valence-electron chi connectivity index (χ3n) is 3.00. The van der Waals surface area contributed by atoms with Crippen molar-refractivity contribution in [1.82, 2.24) is 10.3 Å². The second-order valence-corrected chi connectivity index (χ2v) is 4.81. The second-order valence-electron chi connectivity index (χ2n) is 4.81. The Kier molecular flexibility index (Phi) is 5.73. The van der Waals surface area contributed by atoms with Crippen LogP contribution in [0.3, 0.4) is 0 Å². The SMILES string of the molecule is CCNc1ncc(F)cc1C(=O)NC(CC)C(C)C. The Hall–Kier alpha value is -1.65. The Morgan fingerprint density at radius 2 is 2.11 bits per heavy atom. The molecule has 0 aliphatic heterocycles. The van der Waals surface area contributed by atoms with Gasteiger partial charge in [0.05, 0.1) is 11.8 Å². The van der Waals surface area contributed by atoms with Gasteiger partial charge in [-0.1, -0.05) is 20.8 Å². The molecule has 19 heavy (non-hydrogen) atoms. The van der Waals surface area contributed by atoms with Gasteiger partial charge in [0.25, 0.3) is 5.91 Å². The summed E-state index contributed by atoms with van der Waals surface area (Å²) in [5.74, 6) is -0.0500. The fourth-order valence-electron chi connectivity index (χ4n) is 1.91. The molecule has 0 aliphatic carbocycles. The van der Waals surface area contributed by atoms with Gasteiger partial charge in [0.15, 0.2) is 0 Å². The van der Waals surface area contributed by atoms with E-state index in [0.29, 0.717) is 18.3 Å². The number of carbonyl (C=O) groups excluding carboxylic acids is 1. The number of nitrogens with one attached hydrogen (secondary N) is 2. The highest BCUT2D eigenvalue weighted by Gasteiger charge is 2.18. The van der Waals surface area contributed by atoms with Crippen molar-refractivity contribution >= 4 is 11.7 Å². The molecular weight excluding hydrogens is 245 g/mol. The number of anilines is 1. The van der Waals surface area contributed by atoms with Crippen molar-refractivity contribution in [2.45, 2.75) is 40.2 Å². The van der Waals surface area contributed by atoms with Crippen LogP contribution in [-0.4, -0.2) is 23.5 Å². The number of pyridine rings is 1. The van der Waals surface area contributed by atoms with E-state index in [0.717, 1.165) is 12.6 Å². The molecule has 0 radical (unpaired) electrons. The smallest absolute Gasteiger partial charge is 0.255 e. The molecule has 106 valence electrons. The number of aromatic nitrogens is 1. The molecule has 0 fully saturated rings. The normalized spacial score (nSPS) is 12.3. The number of carbonyl (C=O) groups is 1. The summed E-state index contributed by atoms with van der Waals surface area (Å²) in [6.07, 6.45) is 1.94. The van der Waals surface area contributed by atoms with E-state index in [-0.39, 0.29) is 17.5 Å². The van der Waals surface area contributed by atoms with Gasteiger partial charge in [-0.2, -0.15) is 0 Å². The van der Waals surface area contributed by atoms with Crippen LogP contribution in [-0.2, 0) is 0 Å². The molecule has 4 nitrogen and oxygen atoms in total. The Labute approximate surface area is 113 Å². The number of rotatable bonds is 6.